The molecule has 0 radical (unpaired) electrons. The van der Waals surface area contributed by atoms with Crippen molar-refractivity contribution in [1.29, 1.82) is 0 Å². The van der Waals surface area contributed by atoms with Crippen LogP contribution in [0.2, 0.25) is 0 Å². The van der Waals surface area contributed by atoms with E-state index in [4.69, 9.17) is 0 Å². The van der Waals surface area contributed by atoms with E-state index in [1.165, 1.54) is 24.1 Å². The van der Waals surface area contributed by atoms with Gasteiger partial charge in [-0.2, -0.15) is 0 Å². The van der Waals surface area contributed by atoms with E-state index >= 15 is 0 Å². The average molecular weight is 435 g/mol. The molecule has 3 heterocycles. The number of carbonyl (C=O) groups excluding carboxylic acids is 5. The number of anilines is 1. The van der Waals surface area contributed by atoms with E-state index in [-0.39, 0.29) is 36.4 Å². The number of nitrogens with zero attached hydrogens (tertiary/aromatic N) is 2. The predicted octanol–water partition coefficient (Wildman–Crippen LogP) is 0.731. The lowest BCUT2D eigenvalue weighted by molar-refractivity contribution is -0.137. The number of fused-ring (bicyclic) bond motifs is 1. The molecule has 1 aromatic carbocycles. The van der Waals surface area contributed by atoms with Gasteiger partial charge in [0.25, 0.3) is 11.8 Å². The summed E-state index contributed by atoms with van der Waals surface area (Å²) in [6, 6.07) is 7.75. The maximum Gasteiger partial charge on any atom is 0.270 e. The average Bonchev–Trinajstić information content (AvgIpc) is 3.08. The maximum atomic E-state index is 12.9. The fourth-order valence-corrected chi connectivity index (χ4v) is 3.79. The zero-order valence-electron chi connectivity index (χ0n) is 17.3. The van der Waals surface area contributed by atoms with Gasteiger partial charge >= 0.3 is 0 Å². The summed E-state index contributed by atoms with van der Waals surface area (Å²) in [5.41, 5.74) is 2.70. The van der Waals surface area contributed by atoms with Crippen LogP contribution in [0.1, 0.15) is 51.7 Å². The number of hydrogen-bond acceptors (Lipinski definition) is 6. The van der Waals surface area contributed by atoms with E-state index in [9.17, 15) is 24.0 Å². The Morgan fingerprint density at radius 2 is 2.00 bits per heavy atom. The normalized spacial score (nSPS) is 17.6. The number of nitrogens with one attached hydrogen (secondary N) is 3. The summed E-state index contributed by atoms with van der Waals surface area (Å²) >= 11 is 0. The molecule has 5 amide bonds. The maximum absolute atomic E-state index is 12.9. The highest BCUT2D eigenvalue weighted by Gasteiger charge is 2.39. The van der Waals surface area contributed by atoms with Gasteiger partial charge in [0, 0.05) is 32.0 Å². The molecule has 10 heteroatoms. The lowest BCUT2D eigenvalue weighted by Crippen LogP contribution is -2.52. The zero-order chi connectivity index (χ0) is 22.8. The summed E-state index contributed by atoms with van der Waals surface area (Å²) < 4.78 is 0. The van der Waals surface area contributed by atoms with Gasteiger partial charge in [0.2, 0.25) is 17.7 Å². The van der Waals surface area contributed by atoms with Gasteiger partial charge in [-0.3, -0.25) is 29.3 Å². The van der Waals surface area contributed by atoms with E-state index in [1.807, 2.05) is 6.07 Å². The molecular formula is C22H21N5O5. The lowest BCUT2D eigenvalue weighted by Gasteiger charge is -2.29. The molecule has 3 N–H and O–H groups in total. The minimum Gasteiger partial charge on any atom is -0.347 e. The molecule has 2 aliphatic rings. The van der Waals surface area contributed by atoms with Crippen LogP contribution in [-0.4, -0.2) is 45.5 Å². The van der Waals surface area contributed by atoms with Crippen LogP contribution < -0.4 is 16.0 Å². The first-order valence-corrected chi connectivity index (χ1v) is 10.1. The van der Waals surface area contributed by atoms with Crippen LogP contribution in [0.3, 0.4) is 0 Å². The number of carbonyl (C=O) groups is 5. The van der Waals surface area contributed by atoms with Gasteiger partial charge in [-0.1, -0.05) is 12.1 Å². The first-order chi connectivity index (χ1) is 15.3. The number of rotatable bonds is 5. The molecule has 0 spiro atoms. The van der Waals surface area contributed by atoms with Crippen molar-refractivity contribution in [3.63, 3.8) is 0 Å². The van der Waals surface area contributed by atoms with Gasteiger partial charge in [-0.25, -0.2) is 4.98 Å². The second-order valence-corrected chi connectivity index (χ2v) is 7.69. The van der Waals surface area contributed by atoms with Gasteiger partial charge in [0.05, 0.1) is 11.9 Å². The first-order valence-electron chi connectivity index (χ1n) is 10.1. The first kappa shape index (κ1) is 21.2. The minimum atomic E-state index is -0.665. The monoisotopic (exact) mass is 435 g/mol. The number of hydrogen-bond donors (Lipinski definition) is 3. The van der Waals surface area contributed by atoms with Crippen LogP contribution in [0.25, 0.3) is 0 Å². The topological polar surface area (TPSA) is 138 Å². The third-order valence-electron chi connectivity index (χ3n) is 5.36. The fraction of sp³-hybridized carbons (Fsp3) is 0.273. The Morgan fingerprint density at radius 1 is 1.19 bits per heavy atom. The highest BCUT2D eigenvalue weighted by molar-refractivity contribution is 6.05. The van der Waals surface area contributed by atoms with Crippen molar-refractivity contribution in [2.24, 2.45) is 0 Å². The minimum absolute atomic E-state index is 0.187. The Kier molecular flexibility index (Phi) is 5.67. The molecule has 1 unspecified atom stereocenters. The van der Waals surface area contributed by atoms with E-state index in [0.29, 0.717) is 24.2 Å². The van der Waals surface area contributed by atoms with E-state index in [1.54, 1.807) is 18.2 Å². The third kappa shape index (κ3) is 4.34. The molecule has 2 aromatic rings. The second-order valence-electron chi connectivity index (χ2n) is 7.69. The predicted molar refractivity (Wildman–Crippen MR) is 112 cm³/mol. The lowest BCUT2D eigenvalue weighted by atomic mass is 10.0. The number of imide groups is 1. The highest BCUT2D eigenvalue weighted by atomic mass is 16.2. The molecule has 4 rings (SSSR count). The SMILES string of the molecule is CC(=O)Nc1ccc(C(=O)NCc2ccc3c(c2)C(=O)N(C2CCC(=O)NC2=O)C3)nc1. The van der Waals surface area contributed by atoms with Crippen LogP contribution in [0.5, 0.6) is 0 Å². The van der Waals surface area contributed by atoms with Gasteiger partial charge in [-0.05, 0) is 35.7 Å². The van der Waals surface area contributed by atoms with Crippen LogP contribution in [-0.2, 0) is 27.5 Å². The molecule has 0 saturated carbocycles. The van der Waals surface area contributed by atoms with Crippen molar-refractivity contribution in [3.8, 4) is 0 Å². The van der Waals surface area contributed by atoms with E-state index < -0.39 is 17.9 Å². The van der Waals surface area contributed by atoms with Crippen LogP contribution in [0.15, 0.2) is 36.5 Å². The largest absolute Gasteiger partial charge is 0.347 e. The summed E-state index contributed by atoms with van der Waals surface area (Å²) in [6.07, 6.45) is 1.91. The standard InChI is InChI=1S/C22H21N5O5/c1-12(28)25-15-4-5-17(23-10-15)20(30)24-9-13-2-3-14-11-27(22(32)16(14)8-13)18-6-7-19(29)26-21(18)31/h2-5,8,10,18H,6-7,9,11H2,1H3,(H,24,30)(H,25,28)(H,26,29,31). The number of piperidine rings is 1. The van der Waals surface area contributed by atoms with Gasteiger partial charge in [-0.15, -0.1) is 0 Å². The van der Waals surface area contributed by atoms with Crippen molar-refractivity contribution < 1.29 is 24.0 Å². The number of amides is 5. The van der Waals surface area contributed by atoms with Gasteiger partial charge in [0.15, 0.2) is 0 Å². The molecule has 1 atom stereocenters. The Balaban J connectivity index is 1.39. The summed E-state index contributed by atoms with van der Waals surface area (Å²) in [5.74, 6) is -1.67. The molecule has 164 valence electrons. The summed E-state index contributed by atoms with van der Waals surface area (Å²) in [5, 5.41) is 7.61. The van der Waals surface area contributed by atoms with Crippen molar-refractivity contribution in [3.05, 3.63) is 58.9 Å². The molecule has 1 fully saturated rings. The quantitative estimate of drug-likeness (QED) is 0.592. The van der Waals surface area contributed by atoms with E-state index in [0.717, 1.165) is 11.1 Å². The highest BCUT2D eigenvalue weighted by Crippen LogP contribution is 2.28. The molecule has 10 nitrogen and oxygen atoms in total. The van der Waals surface area contributed by atoms with Crippen LogP contribution in [0.4, 0.5) is 5.69 Å². The summed E-state index contributed by atoms with van der Waals surface area (Å²) in [4.78, 5) is 65.3. The molecule has 1 saturated heterocycles. The molecule has 1 aromatic heterocycles. The fourth-order valence-electron chi connectivity index (χ4n) is 3.79. The Morgan fingerprint density at radius 3 is 2.69 bits per heavy atom. The van der Waals surface area contributed by atoms with Crippen LogP contribution in [0, 0.1) is 0 Å². The zero-order valence-corrected chi connectivity index (χ0v) is 17.3. The number of benzene rings is 1. The molecule has 0 bridgehead atoms. The molecular weight excluding hydrogens is 414 g/mol. The molecule has 32 heavy (non-hydrogen) atoms. The molecule has 0 aliphatic carbocycles. The Labute approximate surface area is 183 Å². The van der Waals surface area contributed by atoms with Crippen molar-refractivity contribution in [2.75, 3.05) is 5.32 Å². The Bertz CT molecular complexity index is 1130. The second kappa shape index (κ2) is 8.58. The third-order valence-corrected chi connectivity index (χ3v) is 5.36. The Hall–Kier alpha value is -4.08. The van der Waals surface area contributed by atoms with Gasteiger partial charge in [0.1, 0.15) is 11.7 Å². The van der Waals surface area contributed by atoms with Gasteiger partial charge < -0.3 is 15.5 Å². The van der Waals surface area contributed by atoms with Crippen LogP contribution >= 0.6 is 0 Å². The van der Waals surface area contributed by atoms with E-state index in [2.05, 4.69) is 20.9 Å². The molecule has 2 aliphatic heterocycles. The van der Waals surface area contributed by atoms with Crippen molar-refractivity contribution >= 4 is 35.2 Å². The summed E-state index contributed by atoms with van der Waals surface area (Å²) in [6.45, 7) is 1.87. The summed E-state index contributed by atoms with van der Waals surface area (Å²) in [7, 11) is 0. The van der Waals surface area contributed by atoms with Crippen molar-refractivity contribution in [1.82, 2.24) is 20.5 Å². The smallest absolute Gasteiger partial charge is 0.270 e. The van der Waals surface area contributed by atoms with Crippen molar-refractivity contribution in [2.45, 2.75) is 38.9 Å². The number of aromatic nitrogens is 1. The number of pyridine rings is 1.